The van der Waals surface area contributed by atoms with Crippen LogP contribution in [0, 0.1) is 0 Å². The molecule has 0 aliphatic rings. The summed E-state index contributed by atoms with van der Waals surface area (Å²) in [5.74, 6) is 0.646. The molecule has 0 fully saturated rings. The van der Waals surface area contributed by atoms with E-state index < -0.39 is 0 Å². The van der Waals surface area contributed by atoms with E-state index in [9.17, 15) is 4.79 Å². The summed E-state index contributed by atoms with van der Waals surface area (Å²) in [5.41, 5.74) is 0.982. The number of hydrogen-bond acceptors (Lipinski definition) is 3. The van der Waals surface area contributed by atoms with E-state index in [1.807, 2.05) is 32.0 Å². The van der Waals surface area contributed by atoms with Crippen LogP contribution in [0.5, 0.6) is 0 Å². The van der Waals surface area contributed by atoms with Crippen molar-refractivity contribution in [3.05, 3.63) is 28.2 Å². The zero-order valence-electron chi connectivity index (χ0n) is 10.3. The fourth-order valence-electron chi connectivity index (χ4n) is 1.46. The Morgan fingerprint density at radius 2 is 2.18 bits per heavy atom. The first kappa shape index (κ1) is 14.6. The van der Waals surface area contributed by atoms with Crippen molar-refractivity contribution in [2.75, 3.05) is 12.4 Å². The van der Waals surface area contributed by atoms with Gasteiger partial charge in [-0.2, -0.15) is 0 Å². The fraction of sp³-hybridized carbons (Fsp3) is 0.462. The lowest BCUT2D eigenvalue weighted by Crippen LogP contribution is -2.12. The maximum atomic E-state index is 11.6. The van der Waals surface area contributed by atoms with Crippen molar-refractivity contribution < 1.29 is 9.53 Å². The number of benzene rings is 1. The lowest BCUT2D eigenvalue weighted by Gasteiger charge is -2.12. The van der Waals surface area contributed by atoms with E-state index in [1.165, 1.54) is 4.90 Å². The van der Waals surface area contributed by atoms with Crippen molar-refractivity contribution in [1.29, 1.82) is 0 Å². The second-order valence-corrected chi connectivity index (χ2v) is 5.76. The average molecular weight is 317 g/mol. The van der Waals surface area contributed by atoms with Crippen molar-refractivity contribution in [2.24, 2.45) is 0 Å². The largest absolute Gasteiger partial charge is 0.466 e. The van der Waals surface area contributed by atoms with Gasteiger partial charge in [-0.15, -0.1) is 11.8 Å². The maximum Gasteiger partial charge on any atom is 0.313 e. The van der Waals surface area contributed by atoms with Gasteiger partial charge in [0.1, 0.15) is 0 Å². The normalized spacial score (nSPS) is 12.2. The minimum atomic E-state index is -0.216. The zero-order valence-corrected chi connectivity index (χ0v) is 12.7. The first-order chi connectivity index (χ1) is 8.10. The van der Waals surface area contributed by atoms with E-state index in [-0.39, 0.29) is 11.9 Å². The van der Waals surface area contributed by atoms with Crippen molar-refractivity contribution in [3.8, 4) is 0 Å². The van der Waals surface area contributed by atoms with E-state index in [4.69, 9.17) is 4.74 Å². The summed E-state index contributed by atoms with van der Waals surface area (Å²) in [6, 6.07) is 6.03. The lowest BCUT2D eigenvalue weighted by molar-refractivity contribution is -0.144. The Hall–Kier alpha value is -0.480. The second kappa shape index (κ2) is 7.07. The van der Waals surface area contributed by atoms with E-state index in [0.29, 0.717) is 6.61 Å². The molecule has 0 bridgehead atoms. The molecule has 0 spiro atoms. The molecule has 1 unspecified atom stereocenters. The van der Waals surface area contributed by atoms with Crippen LogP contribution in [0.4, 0.5) is 0 Å². The summed E-state index contributed by atoms with van der Waals surface area (Å²) in [7, 11) is 0. The zero-order chi connectivity index (χ0) is 12.8. The molecule has 0 N–H and O–H groups in total. The van der Waals surface area contributed by atoms with Gasteiger partial charge in [0.15, 0.2) is 0 Å². The summed E-state index contributed by atoms with van der Waals surface area (Å²) in [6.07, 6.45) is 0. The Balaban J connectivity index is 2.85. The number of rotatable bonds is 5. The highest BCUT2D eigenvalue weighted by atomic mass is 79.9. The smallest absolute Gasteiger partial charge is 0.313 e. The number of hydrogen-bond donors (Lipinski definition) is 0. The average Bonchev–Trinajstić information content (AvgIpc) is 2.31. The van der Waals surface area contributed by atoms with Crippen LogP contribution in [0.2, 0.25) is 0 Å². The van der Waals surface area contributed by atoms with Gasteiger partial charge < -0.3 is 4.74 Å². The summed E-state index contributed by atoms with van der Waals surface area (Å²) in [5, 5.41) is 0. The molecule has 4 heteroatoms. The molecule has 0 aliphatic carbocycles. The van der Waals surface area contributed by atoms with E-state index in [2.05, 4.69) is 22.9 Å². The second-order valence-electron chi connectivity index (χ2n) is 3.60. The molecule has 0 saturated carbocycles. The third-order valence-electron chi connectivity index (χ3n) is 2.40. The molecule has 0 amide bonds. The Morgan fingerprint density at radius 1 is 1.47 bits per heavy atom. The van der Waals surface area contributed by atoms with Gasteiger partial charge in [0.05, 0.1) is 12.5 Å². The van der Waals surface area contributed by atoms with Crippen LogP contribution in [-0.2, 0) is 9.53 Å². The van der Waals surface area contributed by atoms with Crippen LogP contribution < -0.4 is 0 Å². The highest BCUT2D eigenvalue weighted by Gasteiger charge is 2.17. The lowest BCUT2D eigenvalue weighted by atomic mass is 10.0. The molecule has 0 heterocycles. The van der Waals surface area contributed by atoms with Gasteiger partial charge in [0.25, 0.3) is 0 Å². The van der Waals surface area contributed by atoms with E-state index >= 15 is 0 Å². The van der Waals surface area contributed by atoms with E-state index in [1.54, 1.807) is 11.8 Å². The summed E-state index contributed by atoms with van der Waals surface area (Å²) in [6.45, 7) is 6.23. The standard InChI is InChI=1S/C13H17BrO2S/c1-4-16-13(15)9(3)10-6-7-12(17-5-2)11(14)8-10/h6-9H,4-5H2,1-3H3. The quantitative estimate of drug-likeness (QED) is 0.600. The molecule has 17 heavy (non-hydrogen) atoms. The molecule has 1 atom stereocenters. The van der Waals surface area contributed by atoms with Crippen LogP contribution in [0.25, 0.3) is 0 Å². The molecule has 2 nitrogen and oxygen atoms in total. The number of thioether (sulfide) groups is 1. The maximum absolute atomic E-state index is 11.6. The van der Waals surface area contributed by atoms with Gasteiger partial charge >= 0.3 is 5.97 Å². The first-order valence-electron chi connectivity index (χ1n) is 5.69. The highest BCUT2D eigenvalue weighted by molar-refractivity contribution is 9.10. The minimum Gasteiger partial charge on any atom is -0.466 e. The van der Waals surface area contributed by atoms with Crippen LogP contribution >= 0.6 is 27.7 Å². The van der Waals surface area contributed by atoms with Crippen molar-refractivity contribution in [2.45, 2.75) is 31.6 Å². The summed E-state index contributed by atoms with van der Waals surface area (Å²) >= 11 is 5.31. The Bertz CT molecular complexity index is 393. The Labute approximate surface area is 115 Å². The molecule has 1 aromatic carbocycles. The molecular weight excluding hydrogens is 300 g/mol. The van der Waals surface area contributed by atoms with Crippen molar-refractivity contribution >= 4 is 33.7 Å². The Morgan fingerprint density at radius 3 is 2.71 bits per heavy atom. The number of esters is 1. The fourth-order valence-corrected chi connectivity index (χ4v) is 2.87. The monoisotopic (exact) mass is 316 g/mol. The summed E-state index contributed by atoms with van der Waals surface area (Å²) in [4.78, 5) is 12.8. The molecule has 0 radical (unpaired) electrons. The number of halogens is 1. The molecule has 94 valence electrons. The van der Waals surface area contributed by atoms with Gasteiger partial charge in [-0.1, -0.05) is 13.0 Å². The van der Waals surface area contributed by atoms with Gasteiger partial charge in [-0.05, 0) is 53.2 Å². The van der Waals surface area contributed by atoms with Crippen LogP contribution in [0.1, 0.15) is 32.3 Å². The molecule has 1 rings (SSSR count). The van der Waals surface area contributed by atoms with Crippen molar-refractivity contribution in [3.63, 3.8) is 0 Å². The predicted molar refractivity (Wildman–Crippen MR) is 75.6 cm³/mol. The molecular formula is C13H17BrO2S. The van der Waals surface area contributed by atoms with Crippen LogP contribution in [0.3, 0.4) is 0 Å². The molecule has 0 aromatic heterocycles. The molecule has 0 saturated heterocycles. The molecule has 1 aromatic rings. The third-order valence-corrected chi connectivity index (χ3v) is 4.27. The van der Waals surface area contributed by atoms with Gasteiger partial charge in [0, 0.05) is 9.37 Å². The first-order valence-corrected chi connectivity index (χ1v) is 7.46. The highest BCUT2D eigenvalue weighted by Crippen LogP contribution is 2.30. The van der Waals surface area contributed by atoms with E-state index in [0.717, 1.165) is 15.8 Å². The van der Waals surface area contributed by atoms with Crippen LogP contribution in [0.15, 0.2) is 27.6 Å². The number of ether oxygens (including phenoxy) is 1. The molecule has 0 aliphatic heterocycles. The summed E-state index contributed by atoms with van der Waals surface area (Å²) < 4.78 is 6.06. The van der Waals surface area contributed by atoms with Gasteiger partial charge in [-0.25, -0.2) is 0 Å². The minimum absolute atomic E-state index is 0.171. The van der Waals surface area contributed by atoms with Gasteiger partial charge in [0.2, 0.25) is 0 Å². The predicted octanol–water partition coefficient (Wildman–Crippen LogP) is 4.23. The third kappa shape index (κ3) is 4.03. The van der Waals surface area contributed by atoms with Crippen LogP contribution in [-0.4, -0.2) is 18.3 Å². The Kier molecular flexibility index (Phi) is 6.06. The number of carbonyl (C=O) groups is 1. The van der Waals surface area contributed by atoms with Gasteiger partial charge in [-0.3, -0.25) is 4.79 Å². The SMILES string of the molecule is CCOC(=O)C(C)c1ccc(SCC)c(Br)c1. The topological polar surface area (TPSA) is 26.3 Å². The number of carbonyl (C=O) groups excluding carboxylic acids is 1. The van der Waals surface area contributed by atoms with Crippen molar-refractivity contribution in [1.82, 2.24) is 0 Å².